The van der Waals surface area contributed by atoms with E-state index in [4.69, 9.17) is 19.7 Å². The highest BCUT2D eigenvalue weighted by Crippen LogP contribution is 2.46. The molecular weight excluding hydrogens is 474 g/mol. The maximum Gasteiger partial charge on any atom is 0.225 e. The number of fused-ring (bicyclic) bond motifs is 1. The number of para-hydroxylation sites is 1. The van der Waals surface area contributed by atoms with E-state index in [9.17, 15) is 5.11 Å². The second-order valence-electron chi connectivity index (χ2n) is 12.2. The zero-order chi connectivity index (χ0) is 27.4. The third-order valence-electron chi connectivity index (χ3n) is 8.15. The van der Waals surface area contributed by atoms with Crippen LogP contribution in [0.15, 0.2) is 48.9 Å². The summed E-state index contributed by atoms with van der Waals surface area (Å²) >= 11 is 0. The van der Waals surface area contributed by atoms with Crippen molar-refractivity contribution >= 4 is 11.6 Å². The van der Waals surface area contributed by atoms with Crippen LogP contribution in [0.2, 0.25) is 0 Å². The van der Waals surface area contributed by atoms with Crippen molar-refractivity contribution in [3.8, 4) is 16.9 Å². The molecule has 0 saturated carbocycles. The van der Waals surface area contributed by atoms with Gasteiger partial charge in [0.15, 0.2) is 0 Å². The highest BCUT2D eigenvalue weighted by atomic mass is 16.5. The van der Waals surface area contributed by atoms with E-state index in [-0.39, 0.29) is 16.9 Å². The number of nitrogens with zero attached hydrogens (tertiary/aromatic N) is 5. The highest BCUT2D eigenvalue weighted by Gasteiger charge is 2.48. The Morgan fingerprint density at radius 3 is 2.34 bits per heavy atom. The maximum absolute atomic E-state index is 11.5. The minimum Gasteiger partial charge on any atom is -0.491 e. The predicted molar refractivity (Wildman–Crippen MR) is 152 cm³/mol. The summed E-state index contributed by atoms with van der Waals surface area (Å²) in [4.78, 5) is 16.4. The number of imidazole rings is 1. The SMILES string of the molecule is Cc1cc2nc(C)c([C@H](O)c3ccccc3OC(C)C)n2cc1-c1cnc(N2CC(C)(C(C)(C)C)C2)nc1. The van der Waals surface area contributed by atoms with Gasteiger partial charge in [0.2, 0.25) is 5.95 Å². The lowest BCUT2D eigenvalue weighted by molar-refractivity contribution is 0.0698. The van der Waals surface area contributed by atoms with Crippen LogP contribution in [0, 0.1) is 24.7 Å². The number of ether oxygens (including phenoxy) is 1. The fraction of sp³-hybridized carbons (Fsp3) is 0.452. The molecule has 0 aliphatic carbocycles. The van der Waals surface area contributed by atoms with E-state index in [1.807, 2.05) is 74.1 Å². The van der Waals surface area contributed by atoms with Gasteiger partial charge in [-0.25, -0.2) is 15.0 Å². The second-order valence-corrected chi connectivity index (χ2v) is 12.2. The van der Waals surface area contributed by atoms with Gasteiger partial charge in [-0.15, -0.1) is 0 Å². The first-order chi connectivity index (χ1) is 17.9. The number of aliphatic hydroxyl groups is 1. The molecule has 38 heavy (non-hydrogen) atoms. The second kappa shape index (κ2) is 9.38. The molecule has 0 bridgehead atoms. The molecular formula is C31H39N5O2. The summed E-state index contributed by atoms with van der Waals surface area (Å²) in [6.45, 7) is 19.1. The van der Waals surface area contributed by atoms with Gasteiger partial charge < -0.3 is 19.1 Å². The molecule has 1 aliphatic heterocycles. The molecule has 5 rings (SSSR count). The molecule has 1 N–H and O–H groups in total. The van der Waals surface area contributed by atoms with Gasteiger partial charge in [0, 0.05) is 53.8 Å². The lowest BCUT2D eigenvalue weighted by Crippen LogP contribution is -2.61. The Balaban J connectivity index is 1.48. The first kappa shape index (κ1) is 26.2. The van der Waals surface area contributed by atoms with Crippen molar-refractivity contribution in [3.63, 3.8) is 0 Å². The smallest absolute Gasteiger partial charge is 0.225 e. The molecule has 1 aliphatic rings. The zero-order valence-corrected chi connectivity index (χ0v) is 23.8. The first-order valence-electron chi connectivity index (χ1n) is 13.4. The number of rotatable bonds is 6. The molecule has 200 valence electrons. The minimum absolute atomic E-state index is 0.00215. The summed E-state index contributed by atoms with van der Waals surface area (Å²) in [6.07, 6.45) is 4.94. The maximum atomic E-state index is 11.5. The third kappa shape index (κ3) is 4.53. The van der Waals surface area contributed by atoms with Crippen molar-refractivity contribution in [1.29, 1.82) is 0 Å². The van der Waals surface area contributed by atoms with E-state index in [1.165, 1.54) is 0 Å². The largest absolute Gasteiger partial charge is 0.491 e. The van der Waals surface area contributed by atoms with Crippen LogP contribution >= 0.6 is 0 Å². The number of aromatic nitrogens is 4. The van der Waals surface area contributed by atoms with Crippen molar-refractivity contribution in [2.45, 2.75) is 67.6 Å². The Morgan fingerprint density at radius 1 is 1.05 bits per heavy atom. The minimum atomic E-state index is -0.891. The highest BCUT2D eigenvalue weighted by molar-refractivity contribution is 5.68. The summed E-state index contributed by atoms with van der Waals surface area (Å²) in [7, 11) is 0. The summed E-state index contributed by atoms with van der Waals surface area (Å²) in [6, 6.07) is 9.69. The Hall–Kier alpha value is -3.45. The zero-order valence-electron chi connectivity index (χ0n) is 23.8. The van der Waals surface area contributed by atoms with E-state index >= 15 is 0 Å². The van der Waals surface area contributed by atoms with Gasteiger partial charge in [0.1, 0.15) is 17.5 Å². The Bertz CT molecular complexity index is 1460. The van der Waals surface area contributed by atoms with E-state index < -0.39 is 6.10 Å². The van der Waals surface area contributed by atoms with Crippen LogP contribution in [0.3, 0.4) is 0 Å². The van der Waals surface area contributed by atoms with Crippen LogP contribution in [0.4, 0.5) is 5.95 Å². The standard InChI is InChI=1S/C31H39N5O2/c1-19(2)38-25-12-10-9-11-23(25)28(37)27-21(4)34-26-13-20(3)24(16-36(26)27)22-14-32-29(33-15-22)35-17-31(8,18-35)30(5,6)7/h9-16,19,28,37H,17-18H2,1-8H3/t28-/m1/s1. The molecule has 1 saturated heterocycles. The van der Waals surface area contributed by atoms with Crippen LogP contribution in [-0.4, -0.2) is 43.7 Å². The molecule has 3 aromatic heterocycles. The van der Waals surface area contributed by atoms with Gasteiger partial charge >= 0.3 is 0 Å². The number of hydrogen-bond acceptors (Lipinski definition) is 6. The van der Waals surface area contributed by atoms with E-state index in [0.717, 1.165) is 58.3 Å². The number of aliphatic hydroxyl groups excluding tert-OH is 1. The van der Waals surface area contributed by atoms with E-state index in [1.54, 1.807) is 0 Å². The molecule has 1 atom stereocenters. The third-order valence-corrected chi connectivity index (χ3v) is 8.15. The van der Waals surface area contributed by atoms with Gasteiger partial charge in [-0.2, -0.15) is 0 Å². The van der Waals surface area contributed by atoms with Crippen LogP contribution in [0.5, 0.6) is 5.75 Å². The number of hydrogen-bond donors (Lipinski definition) is 1. The van der Waals surface area contributed by atoms with Crippen LogP contribution in [0.25, 0.3) is 16.8 Å². The molecule has 0 spiro atoms. The molecule has 1 fully saturated rings. The number of aryl methyl sites for hydroxylation is 2. The summed E-state index contributed by atoms with van der Waals surface area (Å²) in [5.74, 6) is 1.44. The molecule has 4 aromatic rings. The molecule has 1 aromatic carbocycles. The topological polar surface area (TPSA) is 75.8 Å². The summed E-state index contributed by atoms with van der Waals surface area (Å²) in [5, 5.41) is 11.5. The van der Waals surface area contributed by atoms with Gasteiger partial charge in [0.25, 0.3) is 0 Å². The fourth-order valence-electron chi connectivity index (χ4n) is 5.20. The molecule has 7 nitrogen and oxygen atoms in total. The monoisotopic (exact) mass is 513 g/mol. The first-order valence-corrected chi connectivity index (χ1v) is 13.4. The van der Waals surface area contributed by atoms with Crippen molar-refractivity contribution in [2.24, 2.45) is 10.8 Å². The Labute approximate surface area is 225 Å². The van der Waals surface area contributed by atoms with Gasteiger partial charge in [-0.1, -0.05) is 45.9 Å². The van der Waals surface area contributed by atoms with E-state index in [0.29, 0.717) is 5.75 Å². The Morgan fingerprint density at radius 2 is 1.71 bits per heavy atom. The van der Waals surface area contributed by atoms with Crippen molar-refractivity contribution in [2.75, 3.05) is 18.0 Å². The lowest BCUT2D eigenvalue weighted by Gasteiger charge is -2.55. The predicted octanol–water partition coefficient (Wildman–Crippen LogP) is 6.15. The number of anilines is 1. The van der Waals surface area contributed by atoms with E-state index in [2.05, 4.69) is 39.5 Å². The number of benzene rings is 1. The molecule has 0 amide bonds. The van der Waals surface area contributed by atoms with Crippen LogP contribution < -0.4 is 9.64 Å². The molecule has 7 heteroatoms. The summed E-state index contributed by atoms with van der Waals surface area (Å²) < 4.78 is 7.97. The average molecular weight is 514 g/mol. The molecule has 0 radical (unpaired) electrons. The normalized spacial score (nSPS) is 16.1. The van der Waals surface area contributed by atoms with Crippen molar-refractivity contribution in [3.05, 3.63) is 71.4 Å². The van der Waals surface area contributed by atoms with Gasteiger partial charge in [-0.05, 0) is 50.8 Å². The van der Waals surface area contributed by atoms with Gasteiger partial charge in [0.05, 0.1) is 17.5 Å². The average Bonchev–Trinajstić information content (AvgIpc) is 3.14. The van der Waals surface area contributed by atoms with Crippen molar-refractivity contribution < 1.29 is 9.84 Å². The Kier molecular flexibility index (Phi) is 6.46. The number of pyridine rings is 1. The van der Waals surface area contributed by atoms with Crippen LogP contribution in [-0.2, 0) is 0 Å². The fourth-order valence-corrected chi connectivity index (χ4v) is 5.20. The quantitative estimate of drug-likeness (QED) is 0.333. The molecule has 4 heterocycles. The summed E-state index contributed by atoms with van der Waals surface area (Å²) in [5.41, 5.74) is 6.52. The van der Waals surface area contributed by atoms with Crippen molar-refractivity contribution in [1.82, 2.24) is 19.4 Å². The van der Waals surface area contributed by atoms with Crippen LogP contribution in [0.1, 0.15) is 70.2 Å². The van der Waals surface area contributed by atoms with Gasteiger partial charge in [-0.3, -0.25) is 0 Å². The lowest BCUT2D eigenvalue weighted by atomic mass is 9.63. The molecule has 0 unspecified atom stereocenters.